The van der Waals surface area contributed by atoms with Gasteiger partial charge in [-0.3, -0.25) is 4.79 Å². The van der Waals surface area contributed by atoms with Gasteiger partial charge in [0.2, 0.25) is 0 Å². The molecule has 2 fully saturated rings. The van der Waals surface area contributed by atoms with Gasteiger partial charge in [-0.25, -0.2) is 4.79 Å². The molecule has 2 aliphatic rings. The molecule has 12 nitrogen and oxygen atoms in total. The van der Waals surface area contributed by atoms with E-state index in [0.717, 1.165) is 0 Å². The van der Waals surface area contributed by atoms with Gasteiger partial charge in [0.05, 0.1) is 39.1 Å². The Morgan fingerprint density at radius 1 is 0.912 bits per heavy atom. The van der Waals surface area contributed by atoms with Crippen LogP contribution in [0.5, 0.6) is 11.5 Å². The summed E-state index contributed by atoms with van der Waals surface area (Å²) in [6.07, 6.45) is -9.66. The molecule has 0 radical (unpaired) electrons. The zero-order valence-corrected chi connectivity index (χ0v) is 19.3. The van der Waals surface area contributed by atoms with E-state index in [1.807, 2.05) is 0 Å². The minimum absolute atomic E-state index is 0.0844. The number of hydrogen-bond donors (Lipinski definition) is 3. The highest BCUT2D eigenvalue weighted by Gasteiger charge is 2.48. The number of carbonyl (C=O) groups excluding carboxylic acids is 2. The lowest BCUT2D eigenvalue weighted by Crippen LogP contribution is -2.61. The summed E-state index contributed by atoms with van der Waals surface area (Å²) in [4.78, 5) is 24.4. The summed E-state index contributed by atoms with van der Waals surface area (Å²) in [6.45, 7) is 2.43. The second kappa shape index (κ2) is 11.3. The summed E-state index contributed by atoms with van der Waals surface area (Å²) in [7, 11) is 2.86. The summed E-state index contributed by atoms with van der Waals surface area (Å²) in [5.41, 5.74) is 0.0844. The fourth-order valence-corrected chi connectivity index (χ4v) is 3.77. The van der Waals surface area contributed by atoms with Crippen LogP contribution in [0, 0.1) is 0 Å². The van der Waals surface area contributed by atoms with Crippen molar-refractivity contribution in [3.63, 3.8) is 0 Å². The smallest absolute Gasteiger partial charge is 0.338 e. The Morgan fingerprint density at radius 2 is 1.59 bits per heavy atom. The Morgan fingerprint density at radius 3 is 2.24 bits per heavy atom. The van der Waals surface area contributed by atoms with Crippen LogP contribution in [0.1, 0.15) is 24.2 Å². The maximum atomic E-state index is 12.8. The Kier molecular flexibility index (Phi) is 8.68. The van der Waals surface area contributed by atoms with Gasteiger partial charge in [0.1, 0.15) is 24.4 Å². The molecule has 2 heterocycles. The van der Waals surface area contributed by atoms with Crippen molar-refractivity contribution in [1.82, 2.24) is 0 Å². The van der Waals surface area contributed by atoms with E-state index in [-0.39, 0.29) is 24.5 Å². The number of ether oxygens (including phenoxy) is 7. The SMILES string of the molecule is COc1ccc(C(=O)O[C@H]2[C@H](O[C@@H]3[C@@H](OC(C)=O)[C@H](C)OC[C@@H]3O)OC[C@@H](O)[C@@H]2O)cc1OC. The molecular formula is C22H30O12. The van der Waals surface area contributed by atoms with Gasteiger partial charge in [0.15, 0.2) is 30.0 Å². The Balaban J connectivity index is 1.81. The molecule has 3 N–H and O–H groups in total. The van der Waals surface area contributed by atoms with Gasteiger partial charge in [-0.2, -0.15) is 0 Å². The molecule has 0 aliphatic carbocycles. The number of methoxy groups -OCH3 is 2. The minimum atomic E-state index is -1.55. The first-order chi connectivity index (χ1) is 16.2. The van der Waals surface area contributed by atoms with Crippen molar-refractivity contribution < 1.29 is 58.1 Å². The van der Waals surface area contributed by atoms with Crippen LogP contribution in [0.25, 0.3) is 0 Å². The van der Waals surface area contributed by atoms with Gasteiger partial charge in [-0.15, -0.1) is 0 Å². The Labute approximate surface area is 196 Å². The molecule has 0 unspecified atom stereocenters. The number of carbonyl (C=O) groups is 2. The van der Waals surface area contributed by atoms with Crippen molar-refractivity contribution in [3.05, 3.63) is 23.8 Å². The summed E-state index contributed by atoms with van der Waals surface area (Å²) >= 11 is 0. The molecule has 12 heteroatoms. The summed E-state index contributed by atoms with van der Waals surface area (Å²) < 4.78 is 37.8. The van der Waals surface area contributed by atoms with Crippen molar-refractivity contribution in [3.8, 4) is 11.5 Å². The molecule has 2 aliphatic heterocycles. The molecule has 2 saturated heterocycles. The van der Waals surface area contributed by atoms with Crippen LogP contribution in [0.15, 0.2) is 18.2 Å². The average Bonchev–Trinajstić information content (AvgIpc) is 2.81. The van der Waals surface area contributed by atoms with Crippen LogP contribution in [0.4, 0.5) is 0 Å². The van der Waals surface area contributed by atoms with Crippen LogP contribution in [0.2, 0.25) is 0 Å². The van der Waals surface area contributed by atoms with Gasteiger partial charge in [-0.05, 0) is 25.1 Å². The van der Waals surface area contributed by atoms with Crippen LogP contribution in [-0.2, 0) is 28.5 Å². The van der Waals surface area contributed by atoms with Crippen molar-refractivity contribution >= 4 is 11.9 Å². The number of aliphatic hydroxyl groups excluding tert-OH is 3. The van der Waals surface area contributed by atoms with E-state index in [1.165, 1.54) is 39.3 Å². The van der Waals surface area contributed by atoms with Gasteiger partial charge in [0.25, 0.3) is 0 Å². The van der Waals surface area contributed by atoms with Crippen molar-refractivity contribution in [2.45, 2.75) is 62.9 Å². The minimum Gasteiger partial charge on any atom is -0.493 e. The van der Waals surface area contributed by atoms with E-state index in [4.69, 9.17) is 33.2 Å². The lowest BCUT2D eigenvalue weighted by molar-refractivity contribution is -0.313. The standard InChI is InChI=1S/C22H30O12/c1-10-18(32-11(2)23)19(14(25)9-30-10)34-22-20(17(26)13(24)8-31-22)33-21(27)12-5-6-15(28-3)16(7-12)29-4/h5-7,10,13-14,17-20,22,24-26H,8-9H2,1-4H3/t10-,13+,14-,17-,18-,19-,20+,22-/m0/s1. The predicted octanol–water partition coefficient (Wildman–Crippen LogP) is -0.596. The van der Waals surface area contributed by atoms with Crippen LogP contribution >= 0.6 is 0 Å². The van der Waals surface area contributed by atoms with Crippen molar-refractivity contribution in [1.29, 1.82) is 0 Å². The maximum absolute atomic E-state index is 12.8. The predicted molar refractivity (Wildman–Crippen MR) is 112 cm³/mol. The van der Waals surface area contributed by atoms with E-state index < -0.39 is 61.0 Å². The number of aliphatic hydroxyl groups is 3. The first-order valence-corrected chi connectivity index (χ1v) is 10.7. The molecular weight excluding hydrogens is 456 g/mol. The van der Waals surface area contributed by atoms with Crippen LogP contribution < -0.4 is 9.47 Å². The quantitative estimate of drug-likeness (QED) is 0.421. The normalized spacial score (nSPS) is 33.6. The van der Waals surface area contributed by atoms with Gasteiger partial charge < -0.3 is 48.5 Å². The summed E-state index contributed by atoms with van der Waals surface area (Å²) in [6, 6.07) is 4.34. The zero-order chi connectivity index (χ0) is 25.0. The van der Waals surface area contributed by atoms with E-state index in [2.05, 4.69) is 0 Å². The molecule has 0 spiro atoms. The maximum Gasteiger partial charge on any atom is 0.338 e. The number of benzene rings is 1. The molecule has 1 aromatic carbocycles. The van der Waals surface area contributed by atoms with Gasteiger partial charge >= 0.3 is 11.9 Å². The largest absolute Gasteiger partial charge is 0.493 e. The second-order valence-electron chi connectivity index (χ2n) is 7.98. The lowest BCUT2D eigenvalue weighted by atomic mass is 9.99. The number of rotatable bonds is 7. The molecule has 34 heavy (non-hydrogen) atoms. The molecule has 0 amide bonds. The third-order valence-electron chi connectivity index (χ3n) is 5.58. The van der Waals surface area contributed by atoms with E-state index in [1.54, 1.807) is 6.92 Å². The average molecular weight is 486 g/mol. The number of esters is 2. The molecule has 0 aromatic heterocycles. The molecule has 8 atom stereocenters. The van der Waals surface area contributed by atoms with E-state index in [0.29, 0.717) is 5.75 Å². The fourth-order valence-electron chi connectivity index (χ4n) is 3.77. The van der Waals surface area contributed by atoms with Crippen LogP contribution in [-0.4, -0.2) is 104 Å². The molecule has 1 aromatic rings. The van der Waals surface area contributed by atoms with Crippen molar-refractivity contribution in [2.75, 3.05) is 27.4 Å². The summed E-state index contributed by atoms with van der Waals surface area (Å²) in [5, 5.41) is 31.0. The highest BCUT2D eigenvalue weighted by molar-refractivity contribution is 5.90. The Bertz CT molecular complexity index is 860. The Hall–Kier alpha value is -2.48. The third-order valence-corrected chi connectivity index (χ3v) is 5.58. The van der Waals surface area contributed by atoms with Gasteiger partial charge in [0, 0.05) is 6.92 Å². The highest BCUT2D eigenvalue weighted by atomic mass is 16.7. The molecule has 0 bridgehead atoms. The molecule has 0 saturated carbocycles. The lowest BCUT2D eigenvalue weighted by Gasteiger charge is -2.43. The fraction of sp³-hybridized carbons (Fsp3) is 0.636. The number of hydrogen-bond acceptors (Lipinski definition) is 12. The second-order valence-corrected chi connectivity index (χ2v) is 7.98. The first kappa shape index (κ1) is 26.1. The zero-order valence-electron chi connectivity index (χ0n) is 19.3. The topological polar surface area (TPSA) is 159 Å². The first-order valence-electron chi connectivity index (χ1n) is 10.7. The van der Waals surface area contributed by atoms with Crippen molar-refractivity contribution in [2.24, 2.45) is 0 Å². The van der Waals surface area contributed by atoms with E-state index >= 15 is 0 Å². The van der Waals surface area contributed by atoms with Gasteiger partial charge in [-0.1, -0.05) is 0 Å². The third kappa shape index (κ3) is 5.77. The highest BCUT2D eigenvalue weighted by Crippen LogP contribution is 2.30. The monoisotopic (exact) mass is 486 g/mol. The summed E-state index contributed by atoms with van der Waals surface area (Å²) in [5.74, 6) is -0.780. The van der Waals surface area contributed by atoms with Crippen LogP contribution in [0.3, 0.4) is 0 Å². The molecule has 3 rings (SSSR count). The molecule has 190 valence electrons. The van der Waals surface area contributed by atoms with E-state index in [9.17, 15) is 24.9 Å².